The lowest BCUT2D eigenvalue weighted by molar-refractivity contribution is -0.133. The number of hydrogen-bond acceptors (Lipinski definition) is 6. The van der Waals surface area contributed by atoms with Crippen LogP contribution in [0.15, 0.2) is 18.2 Å². The first-order valence-electron chi connectivity index (χ1n) is 14.2. The molecule has 2 saturated carbocycles. The van der Waals surface area contributed by atoms with Crippen molar-refractivity contribution in [2.24, 2.45) is 5.92 Å². The Morgan fingerprint density at radius 3 is 2.32 bits per heavy atom. The lowest BCUT2D eigenvalue weighted by Gasteiger charge is -2.43. The first-order valence-corrected chi connectivity index (χ1v) is 14.2. The maximum absolute atomic E-state index is 15.0. The molecule has 202 valence electrons. The highest BCUT2D eigenvalue weighted by Crippen LogP contribution is 2.29. The van der Waals surface area contributed by atoms with Crippen molar-refractivity contribution < 1.29 is 18.8 Å². The molecule has 0 spiro atoms. The van der Waals surface area contributed by atoms with Gasteiger partial charge in [0.15, 0.2) is 0 Å². The number of nitrogens with one attached hydrogen (secondary N) is 3. The van der Waals surface area contributed by atoms with Crippen molar-refractivity contribution in [2.45, 2.75) is 88.8 Å². The van der Waals surface area contributed by atoms with E-state index in [1.807, 2.05) is 0 Å². The first kappa shape index (κ1) is 25.9. The molecule has 9 heteroatoms. The van der Waals surface area contributed by atoms with Crippen molar-refractivity contribution in [1.82, 2.24) is 15.5 Å². The van der Waals surface area contributed by atoms with Crippen molar-refractivity contribution in [3.63, 3.8) is 0 Å². The van der Waals surface area contributed by atoms with E-state index in [0.717, 1.165) is 64.7 Å². The number of carbonyl (C=O) groups excluding carboxylic acids is 3. The highest BCUT2D eigenvalue weighted by molar-refractivity contribution is 6.01. The second kappa shape index (κ2) is 11.8. The number of halogens is 1. The van der Waals surface area contributed by atoms with Crippen molar-refractivity contribution in [3.8, 4) is 0 Å². The maximum Gasteiger partial charge on any atom is 0.249 e. The summed E-state index contributed by atoms with van der Waals surface area (Å²) in [7, 11) is 0. The average Bonchev–Trinajstić information content (AvgIpc) is 2.91. The van der Waals surface area contributed by atoms with Crippen molar-refractivity contribution in [3.05, 3.63) is 24.0 Å². The third-order valence-corrected chi connectivity index (χ3v) is 8.72. The van der Waals surface area contributed by atoms with E-state index < -0.39 is 6.04 Å². The van der Waals surface area contributed by atoms with Gasteiger partial charge < -0.3 is 15.5 Å². The van der Waals surface area contributed by atoms with E-state index in [0.29, 0.717) is 29.9 Å². The third-order valence-electron chi connectivity index (χ3n) is 8.72. The summed E-state index contributed by atoms with van der Waals surface area (Å²) in [5.74, 6) is -0.435. The SMILES string of the molecule is O=C1CCC(Nc2ccc(N3CCN(C4CCC(NC(=O)C5CCCCC5)CC4)CC3)c(F)c2)C(=O)N1. The van der Waals surface area contributed by atoms with Crippen LogP contribution in [0.1, 0.15) is 70.6 Å². The molecule has 0 radical (unpaired) electrons. The summed E-state index contributed by atoms with van der Waals surface area (Å²) in [6.07, 6.45) is 10.7. The summed E-state index contributed by atoms with van der Waals surface area (Å²) in [6, 6.07) is 5.34. The standard InChI is InChI=1S/C28H40FN5O3/c29-23-18-21(30-24-11-13-26(35)32-28(24)37)8-12-25(23)34-16-14-33(15-17-34)22-9-6-20(7-10-22)31-27(36)19-4-2-1-3-5-19/h8,12,18-20,22,24,30H,1-7,9-11,13-17H2,(H,31,36)(H,32,35,37). The van der Waals surface area contributed by atoms with Crippen LogP contribution in [-0.4, -0.2) is 66.9 Å². The lowest BCUT2D eigenvalue weighted by atomic mass is 9.86. The fourth-order valence-electron chi connectivity index (χ4n) is 6.48. The molecule has 8 nitrogen and oxygen atoms in total. The predicted molar refractivity (Wildman–Crippen MR) is 141 cm³/mol. The summed E-state index contributed by atoms with van der Waals surface area (Å²) in [6.45, 7) is 3.35. The number of carbonyl (C=O) groups is 3. The van der Waals surface area contributed by atoms with Gasteiger partial charge in [0.05, 0.1) is 5.69 Å². The van der Waals surface area contributed by atoms with Gasteiger partial charge in [0, 0.05) is 56.3 Å². The van der Waals surface area contributed by atoms with Gasteiger partial charge in [-0.2, -0.15) is 0 Å². The first-order chi connectivity index (χ1) is 18.0. The van der Waals surface area contributed by atoms with E-state index in [9.17, 15) is 18.8 Å². The second-order valence-corrected chi connectivity index (χ2v) is 11.2. The van der Waals surface area contributed by atoms with Gasteiger partial charge in [-0.25, -0.2) is 4.39 Å². The Hall–Kier alpha value is -2.68. The molecule has 2 aliphatic carbocycles. The molecule has 1 aromatic rings. The minimum atomic E-state index is -0.526. The number of hydrogen-bond donors (Lipinski definition) is 3. The van der Waals surface area contributed by atoms with Crippen LogP contribution in [0.5, 0.6) is 0 Å². The molecule has 1 aromatic carbocycles. The van der Waals surface area contributed by atoms with E-state index in [-0.39, 0.29) is 35.9 Å². The van der Waals surface area contributed by atoms with Gasteiger partial charge in [0.25, 0.3) is 0 Å². The lowest BCUT2D eigenvalue weighted by Crippen LogP contribution is -2.52. The fourth-order valence-corrected chi connectivity index (χ4v) is 6.48. The monoisotopic (exact) mass is 513 g/mol. The predicted octanol–water partition coefficient (Wildman–Crippen LogP) is 3.17. The molecule has 3 N–H and O–H groups in total. The summed E-state index contributed by atoms with van der Waals surface area (Å²) in [4.78, 5) is 40.5. The number of piperazine rings is 1. The Morgan fingerprint density at radius 1 is 0.919 bits per heavy atom. The number of imide groups is 1. The van der Waals surface area contributed by atoms with Crippen molar-refractivity contribution in [1.29, 1.82) is 0 Å². The Morgan fingerprint density at radius 2 is 1.65 bits per heavy atom. The minimum absolute atomic E-state index is 0.224. The second-order valence-electron chi connectivity index (χ2n) is 11.2. The Labute approximate surface area is 218 Å². The zero-order valence-electron chi connectivity index (χ0n) is 21.6. The fraction of sp³-hybridized carbons (Fsp3) is 0.679. The molecular formula is C28H40FN5O3. The number of rotatable bonds is 6. The van der Waals surface area contributed by atoms with Crippen LogP contribution in [0.3, 0.4) is 0 Å². The van der Waals surface area contributed by atoms with E-state index in [1.54, 1.807) is 12.1 Å². The van der Waals surface area contributed by atoms with E-state index in [4.69, 9.17) is 0 Å². The molecule has 2 aliphatic heterocycles. The van der Waals surface area contributed by atoms with E-state index >= 15 is 0 Å². The molecule has 5 rings (SSSR count). The molecule has 1 atom stereocenters. The van der Waals surface area contributed by atoms with E-state index in [2.05, 4.69) is 25.8 Å². The number of amides is 3. The molecule has 0 aromatic heterocycles. The molecule has 0 bridgehead atoms. The summed E-state index contributed by atoms with van der Waals surface area (Å²) in [5, 5.41) is 8.70. The quantitative estimate of drug-likeness (QED) is 0.506. The molecule has 1 unspecified atom stereocenters. The zero-order chi connectivity index (χ0) is 25.8. The smallest absolute Gasteiger partial charge is 0.249 e. The Balaban J connectivity index is 1.06. The van der Waals surface area contributed by atoms with Gasteiger partial charge in [0.1, 0.15) is 11.9 Å². The summed E-state index contributed by atoms with van der Waals surface area (Å²) < 4.78 is 15.0. The van der Waals surface area contributed by atoms with Crippen LogP contribution in [-0.2, 0) is 14.4 Å². The van der Waals surface area contributed by atoms with Crippen LogP contribution in [0, 0.1) is 11.7 Å². The van der Waals surface area contributed by atoms with Crippen LogP contribution in [0.2, 0.25) is 0 Å². The zero-order valence-corrected chi connectivity index (χ0v) is 21.6. The highest BCUT2D eigenvalue weighted by Gasteiger charge is 2.31. The Kier molecular flexibility index (Phi) is 8.27. The maximum atomic E-state index is 15.0. The Bertz CT molecular complexity index is 982. The minimum Gasteiger partial charge on any atom is -0.374 e. The largest absolute Gasteiger partial charge is 0.374 e. The molecular weight excluding hydrogens is 473 g/mol. The van der Waals surface area contributed by atoms with Crippen molar-refractivity contribution >= 4 is 29.1 Å². The van der Waals surface area contributed by atoms with Crippen molar-refractivity contribution in [2.75, 3.05) is 36.4 Å². The van der Waals surface area contributed by atoms with Gasteiger partial charge in [0.2, 0.25) is 17.7 Å². The molecule has 2 heterocycles. The molecule has 37 heavy (non-hydrogen) atoms. The average molecular weight is 514 g/mol. The molecule has 4 fully saturated rings. The van der Waals surface area contributed by atoms with Crippen LogP contribution < -0.4 is 20.9 Å². The topological polar surface area (TPSA) is 93.8 Å². The van der Waals surface area contributed by atoms with Crippen LogP contribution in [0.25, 0.3) is 0 Å². The van der Waals surface area contributed by atoms with Gasteiger partial charge in [-0.05, 0) is 63.1 Å². The number of nitrogens with zero attached hydrogens (tertiary/aromatic N) is 2. The van der Waals surface area contributed by atoms with Crippen LogP contribution >= 0.6 is 0 Å². The normalized spacial score (nSPS) is 28.0. The van der Waals surface area contributed by atoms with Gasteiger partial charge in [-0.15, -0.1) is 0 Å². The summed E-state index contributed by atoms with van der Waals surface area (Å²) >= 11 is 0. The number of anilines is 2. The number of benzene rings is 1. The molecule has 2 saturated heterocycles. The van der Waals surface area contributed by atoms with Crippen LogP contribution in [0.4, 0.5) is 15.8 Å². The van der Waals surface area contributed by atoms with Gasteiger partial charge in [-0.1, -0.05) is 19.3 Å². The highest BCUT2D eigenvalue weighted by atomic mass is 19.1. The van der Waals surface area contributed by atoms with Gasteiger partial charge >= 0.3 is 0 Å². The number of piperidine rings is 1. The summed E-state index contributed by atoms with van der Waals surface area (Å²) in [5.41, 5.74) is 1.13. The molecule has 3 amide bonds. The van der Waals surface area contributed by atoms with E-state index in [1.165, 1.54) is 25.3 Å². The third kappa shape index (κ3) is 6.43. The molecule has 4 aliphatic rings. The van der Waals surface area contributed by atoms with Gasteiger partial charge in [-0.3, -0.25) is 24.6 Å².